The fourth-order valence-electron chi connectivity index (χ4n) is 4.03. The molecule has 2 aliphatic rings. The number of hydrogen-bond acceptors (Lipinski definition) is 3. The van der Waals surface area contributed by atoms with E-state index in [1.165, 1.54) is 5.56 Å². The van der Waals surface area contributed by atoms with Crippen LogP contribution < -0.4 is 5.73 Å². The summed E-state index contributed by atoms with van der Waals surface area (Å²) in [6.07, 6.45) is 1.53. The SMILES string of the molecule is CC(C)C(=O)N1CCC(C(=O)N2C[C@@H](N)[C@H](c3ccccc3)C2)CC1.Cl. The lowest BCUT2D eigenvalue weighted by molar-refractivity contribution is -0.141. The Labute approximate surface area is 162 Å². The number of piperidine rings is 1. The zero-order chi connectivity index (χ0) is 18.0. The molecule has 2 fully saturated rings. The molecular weight excluding hydrogens is 350 g/mol. The van der Waals surface area contributed by atoms with E-state index >= 15 is 0 Å². The molecule has 2 N–H and O–H groups in total. The van der Waals surface area contributed by atoms with Crippen LogP contribution in [0.1, 0.15) is 38.2 Å². The Morgan fingerprint density at radius 1 is 1.04 bits per heavy atom. The number of nitrogens with two attached hydrogens (primary N) is 1. The van der Waals surface area contributed by atoms with Gasteiger partial charge in [0.2, 0.25) is 11.8 Å². The molecule has 0 aromatic heterocycles. The number of rotatable bonds is 3. The van der Waals surface area contributed by atoms with E-state index in [1.807, 2.05) is 41.8 Å². The largest absolute Gasteiger partial charge is 0.342 e. The van der Waals surface area contributed by atoms with Crippen molar-refractivity contribution in [3.8, 4) is 0 Å². The van der Waals surface area contributed by atoms with E-state index in [9.17, 15) is 9.59 Å². The molecule has 2 amide bonds. The molecular formula is C20H30ClN3O2. The Morgan fingerprint density at radius 2 is 1.65 bits per heavy atom. The molecule has 0 spiro atoms. The van der Waals surface area contributed by atoms with Gasteiger partial charge in [-0.1, -0.05) is 44.2 Å². The molecule has 2 heterocycles. The molecule has 2 aliphatic heterocycles. The Kier molecular flexibility index (Phi) is 7.07. The lowest BCUT2D eigenvalue weighted by Gasteiger charge is -2.34. The maximum absolute atomic E-state index is 12.9. The third-order valence-corrected chi connectivity index (χ3v) is 5.55. The normalized spacial score (nSPS) is 23.8. The fraction of sp³-hybridized carbons (Fsp3) is 0.600. The Hall–Kier alpha value is -1.59. The van der Waals surface area contributed by atoms with E-state index in [2.05, 4.69) is 12.1 Å². The van der Waals surface area contributed by atoms with Crippen LogP contribution in [-0.2, 0) is 9.59 Å². The summed E-state index contributed by atoms with van der Waals surface area (Å²) in [4.78, 5) is 28.8. The van der Waals surface area contributed by atoms with Gasteiger partial charge in [-0.15, -0.1) is 12.4 Å². The van der Waals surface area contributed by atoms with Gasteiger partial charge in [-0.05, 0) is 18.4 Å². The molecule has 0 radical (unpaired) electrons. The number of amides is 2. The highest BCUT2D eigenvalue weighted by Crippen LogP contribution is 2.29. The number of nitrogens with zero attached hydrogens (tertiary/aromatic N) is 2. The molecule has 2 saturated heterocycles. The van der Waals surface area contributed by atoms with E-state index in [4.69, 9.17) is 5.73 Å². The second-order valence-electron chi connectivity index (χ2n) is 7.68. The first-order valence-corrected chi connectivity index (χ1v) is 9.35. The minimum absolute atomic E-state index is 0. The van der Waals surface area contributed by atoms with E-state index < -0.39 is 0 Å². The molecule has 1 aromatic carbocycles. The van der Waals surface area contributed by atoms with E-state index in [-0.39, 0.29) is 48.0 Å². The van der Waals surface area contributed by atoms with Gasteiger partial charge in [0.1, 0.15) is 0 Å². The fourth-order valence-corrected chi connectivity index (χ4v) is 4.03. The van der Waals surface area contributed by atoms with Gasteiger partial charge in [0, 0.05) is 50.0 Å². The van der Waals surface area contributed by atoms with Crippen LogP contribution in [0.2, 0.25) is 0 Å². The molecule has 2 atom stereocenters. The molecule has 6 heteroatoms. The smallest absolute Gasteiger partial charge is 0.225 e. The van der Waals surface area contributed by atoms with E-state index in [0.717, 1.165) is 12.8 Å². The van der Waals surface area contributed by atoms with E-state index in [1.54, 1.807) is 0 Å². The summed E-state index contributed by atoms with van der Waals surface area (Å²) >= 11 is 0. The van der Waals surface area contributed by atoms with Crippen LogP contribution in [0.25, 0.3) is 0 Å². The molecule has 0 aliphatic carbocycles. The highest BCUT2D eigenvalue weighted by molar-refractivity contribution is 5.85. The molecule has 0 bridgehead atoms. The number of carbonyl (C=O) groups is 2. The first-order chi connectivity index (χ1) is 12.0. The second-order valence-corrected chi connectivity index (χ2v) is 7.68. The first-order valence-electron chi connectivity index (χ1n) is 9.35. The average molecular weight is 380 g/mol. The molecule has 1 aromatic rings. The van der Waals surface area contributed by atoms with Gasteiger partial charge in [0.15, 0.2) is 0 Å². The van der Waals surface area contributed by atoms with Crippen molar-refractivity contribution in [2.75, 3.05) is 26.2 Å². The maximum atomic E-state index is 12.9. The summed E-state index contributed by atoms with van der Waals surface area (Å²) in [5.74, 6) is 0.671. The van der Waals surface area contributed by atoms with Crippen LogP contribution in [0.4, 0.5) is 0 Å². The minimum Gasteiger partial charge on any atom is -0.342 e. The Balaban J connectivity index is 0.00000243. The lowest BCUT2D eigenvalue weighted by atomic mass is 9.94. The van der Waals surface area contributed by atoms with Crippen LogP contribution in [0.15, 0.2) is 30.3 Å². The lowest BCUT2D eigenvalue weighted by Crippen LogP contribution is -2.45. The molecule has 3 rings (SSSR count). The highest BCUT2D eigenvalue weighted by Gasteiger charge is 2.37. The number of carbonyl (C=O) groups excluding carboxylic acids is 2. The minimum atomic E-state index is -0.00559. The van der Waals surface area contributed by atoms with Gasteiger partial charge in [-0.2, -0.15) is 0 Å². The third kappa shape index (κ3) is 4.38. The van der Waals surface area contributed by atoms with Crippen molar-refractivity contribution >= 4 is 24.2 Å². The van der Waals surface area contributed by atoms with Gasteiger partial charge in [0.05, 0.1) is 0 Å². The summed E-state index contributed by atoms with van der Waals surface area (Å²) in [5.41, 5.74) is 7.53. The number of benzene rings is 1. The molecule has 144 valence electrons. The highest BCUT2D eigenvalue weighted by atomic mass is 35.5. The van der Waals surface area contributed by atoms with Gasteiger partial charge in [-0.25, -0.2) is 0 Å². The van der Waals surface area contributed by atoms with Crippen molar-refractivity contribution in [3.05, 3.63) is 35.9 Å². The number of likely N-dealkylation sites (tertiary alicyclic amines) is 2. The standard InChI is InChI=1S/C20H29N3O2.ClH/c1-14(2)19(24)22-10-8-16(9-11-22)20(25)23-12-17(18(21)13-23)15-6-4-3-5-7-15;/h3-7,14,16-18H,8-13,21H2,1-2H3;1H/t17-,18+;/m0./s1. The molecule has 0 unspecified atom stereocenters. The predicted molar refractivity (Wildman–Crippen MR) is 105 cm³/mol. The van der Waals surface area contributed by atoms with Crippen molar-refractivity contribution in [2.24, 2.45) is 17.6 Å². The summed E-state index contributed by atoms with van der Waals surface area (Å²) in [6.45, 7) is 6.56. The Morgan fingerprint density at radius 3 is 2.23 bits per heavy atom. The van der Waals surface area contributed by atoms with Crippen LogP contribution in [-0.4, -0.2) is 53.8 Å². The zero-order valence-electron chi connectivity index (χ0n) is 15.6. The van der Waals surface area contributed by atoms with Crippen molar-refractivity contribution in [1.82, 2.24) is 9.80 Å². The molecule has 26 heavy (non-hydrogen) atoms. The summed E-state index contributed by atoms with van der Waals surface area (Å²) in [6, 6.07) is 10.2. The Bertz CT molecular complexity index is 615. The second kappa shape index (κ2) is 8.87. The van der Waals surface area contributed by atoms with Gasteiger partial charge in [-0.3, -0.25) is 9.59 Å². The first kappa shape index (κ1) is 20.7. The average Bonchev–Trinajstić information content (AvgIpc) is 3.03. The van der Waals surface area contributed by atoms with Crippen LogP contribution in [0, 0.1) is 11.8 Å². The summed E-state index contributed by atoms with van der Waals surface area (Å²) < 4.78 is 0. The van der Waals surface area contributed by atoms with Crippen molar-refractivity contribution in [1.29, 1.82) is 0 Å². The maximum Gasteiger partial charge on any atom is 0.225 e. The summed E-state index contributed by atoms with van der Waals surface area (Å²) in [7, 11) is 0. The topological polar surface area (TPSA) is 66.6 Å². The van der Waals surface area contributed by atoms with Gasteiger partial charge in [0.25, 0.3) is 0 Å². The van der Waals surface area contributed by atoms with Gasteiger partial charge >= 0.3 is 0 Å². The van der Waals surface area contributed by atoms with Crippen LogP contribution in [0.3, 0.4) is 0 Å². The van der Waals surface area contributed by atoms with Crippen molar-refractivity contribution in [2.45, 2.75) is 38.6 Å². The number of hydrogen-bond donors (Lipinski definition) is 1. The number of halogens is 1. The predicted octanol–water partition coefficient (Wildman–Crippen LogP) is 2.26. The molecule has 5 nitrogen and oxygen atoms in total. The summed E-state index contributed by atoms with van der Waals surface area (Å²) in [5, 5.41) is 0. The van der Waals surface area contributed by atoms with E-state index in [0.29, 0.717) is 26.2 Å². The zero-order valence-corrected chi connectivity index (χ0v) is 16.5. The molecule has 0 saturated carbocycles. The van der Waals surface area contributed by atoms with Crippen molar-refractivity contribution in [3.63, 3.8) is 0 Å². The van der Waals surface area contributed by atoms with Crippen molar-refractivity contribution < 1.29 is 9.59 Å². The monoisotopic (exact) mass is 379 g/mol. The van der Waals surface area contributed by atoms with Crippen LogP contribution >= 0.6 is 12.4 Å². The van der Waals surface area contributed by atoms with Gasteiger partial charge < -0.3 is 15.5 Å². The van der Waals surface area contributed by atoms with Crippen LogP contribution in [0.5, 0.6) is 0 Å². The third-order valence-electron chi connectivity index (χ3n) is 5.55. The quantitative estimate of drug-likeness (QED) is 0.875.